The number of rotatable bonds is 1. The van der Waals surface area contributed by atoms with Gasteiger partial charge in [0.15, 0.2) is 0 Å². The van der Waals surface area contributed by atoms with Gasteiger partial charge in [0.05, 0.1) is 11.8 Å². The van der Waals surface area contributed by atoms with Gasteiger partial charge in [0.2, 0.25) is 5.91 Å². The van der Waals surface area contributed by atoms with Gasteiger partial charge in [-0.25, -0.2) is 0 Å². The highest BCUT2D eigenvalue weighted by molar-refractivity contribution is 5.77. The summed E-state index contributed by atoms with van der Waals surface area (Å²) in [6, 6.07) is 0.0110. The minimum Gasteiger partial charge on any atom is -0.481 e. The maximum Gasteiger partial charge on any atom is 0.392 e. The molecule has 136 valence electrons. The van der Waals surface area contributed by atoms with Crippen LogP contribution in [0.5, 0.6) is 0 Å². The van der Waals surface area contributed by atoms with Crippen molar-refractivity contribution < 1.29 is 27.9 Å². The minimum absolute atomic E-state index is 0.0110. The van der Waals surface area contributed by atoms with Gasteiger partial charge in [0.1, 0.15) is 0 Å². The fraction of sp³-hybridized carbons (Fsp3) is 0.882. The monoisotopic (exact) mass is 347 g/mol. The van der Waals surface area contributed by atoms with E-state index in [9.17, 15) is 27.9 Å². The molecule has 3 fully saturated rings. The van der Waals surface area contributed by atoms with Crippen LogP contribution in [-0.2, 0) is 9.59 Å². The number of hydrogen-bond donors (Lipinski definition) is 1. The molecule has 5 unspecified atom stereocenters. The van der Waals surface area contributed by atoms with Crippen molar-refractivity contribution in [3.63, 3.8) is 0 Å². The van der Waals surface area contributed by atoms with Crippen molar-refractivity contribution in [3.05, 3.63) is 0 Å². The molecule has 0 aromatic carbocycles. The van der Waals surface area contributed by atoms with Gasteiger partial charge < -0.3 is 10.0 Å². The van der Waals surface area contributed by atoms with Crippen molar-refractivity contribution >= 4 is 11.9 Å². The van der Waals surface area contributed by atoms with Crippen LogP contribution in [0.1, 0.15) is 45.4 Å². The second-order valence-electron chi connectivity index (χ2n) is 7.96. The number of nitrogens with zero attached hydrogens (tertiary/aromatic N) is 1. The molecule has 1 heterocycles. The maximum absolute atomic E-state index is 13.3. The van der Waals surface area contributed by atoms with E-state index in [1.54, 1.807) is 11.9 Å². The lowest BCUT2D eigenvalue weighted by Gasteiger charge is -2.59. The quantitative estimate of drug-likeness (QED) is 0.792. The summed E-state index contributed by atoms with van der Waals surface area (Å²) in [6.45, 7) is 2.05. The van der Waals surface area contributed by atoms with E-state index in [-0.39, 0.29) is 29.7 Å². The Labute approximate surface area is 139 Å². The molecule has 0 radical (unpaired) electrons. The second kappa shape index (κ2) is 5.63. The fourth-order valence-corrected chi connectivity index (χ4v) is 5.87. The predicted octanol–water partition coefficient (Wildman–Crippen LogP) is 3.31. The summed E-state index contributed by atoms with van der Waals surface area (Å²) in [5.74, 6) is -4.87. The molecule has 0 aromatic rings. The highest BCUT2D eigenvalue weighted by Gasteiger charge is 2.61. The molecule has 1 saturated heterocycles. The predicted molar refractivity (Wildman–Crippen MR) is 80.0 cm³/mol. The summed E-state index contributed by atoms with van der Waals surface area (Å²) in [6.07, 6.45) is -2.11. The topological polar surface area (TPSA) is 57.6 Å². The molecule has 6 atom stereocenters. The molecule has 24 heavy (non-hydrogen) atoms. The van der Waals surface area contributed by atoms with Gasteiger partial charge in [-0.3, -0.25) is 9.59 Å². The molecule has 3 aliphatic rings. The Balaban J connectivity index is 1.94. The number of hydrogen-bond acceptors (Lipinski definition) is 2. The number of carbonyl (C=O) groups is 2. The van der Waals surface area contributed by atoms with Gasteiger partial charge in [0.25, 0.3) is 0 Å². The molecule has 0 aromatic heterocycles. The number of alkyl halides is 3. The Bertz CT molecular complexity index is 550. The third-order valence-corrected chi connectivity index (χ3v) is 7.03. The Morgan fingerprint density at radius 3 is 2.50 bits per heavy atom. The van der Waals surface area contributed by atoms with E-state index in [0.717, 1.165) is 0 Å². The summed E-state index contributed by atoms with van der Waals surface area (Å²) in [5.41, 5.74) is -0.282. The van der Waals surface area contributed by atoms with E-state index in [1.165, 1.54) is 0 Å². The van der Waals surface area contributed by atoms with Gasteiger partial charge >= 0.3 is 12.1 Å². The average molecular weight is 347 g/mol. The first-order valence-corrected chi connectivity index (χ1v) is 8.62. The Morgan fingerprint density at radius 2 is 1.92 bits per heavy atom. The third kappa shape index (κ3) is 2.51. The van der Waals surface area contributed by atoms with Crippen LogP contribution in [0.2, 0.25) is 0 Å². The van der Waals surface area contributed by atoms with Crippen LogP contribution in [0, 0.1) is 29.1 Å². The van der Waals surface area contributed by atoms with E-state index in [0.29, 0.717) is 32.1 Å². The molecule has 2 saturated carbocycles. The van der Waals surface area contributed by atoms with Gasteiger partial charge in [-0.15, -0.1) is 0 Å². The van der Waals surface area contributed by atoms with E-state index in [2.05, 4.69) is 0 Å². The normalized spacial score (nSPS) is 43.1. The van der Waals surface area contributed by atoms with Gasteiger partial charge in [-0.1, -0.05) is 6.92 Å². The van der Waals surface area contributed by atoms with Crippen molar-refractivity contribution in [2.24, 2.45) is 29.1 Å². The smallest absolute Gasteiger partial charge is 0.392 e. The molecule has 1 amide bonds. The Kier molecular flexibility index (Phi) is 4.12. The summed E-state index contributed by atoms with van der Waals surface area (Å²) < 4.78 is 40.0. The first-order valence-electron chi connectivity index (χ1n) is 8.62. The van der Waals surface area contributed by atoms with Crippen molar-refractivity contribution in [1.29, 1.82) is 0 Å². The number of carboxylic acids is 1. The number of carbonyl (C=O) groups excluding carboxylic acids is 1. The number of halogens is 3. The molecule has 0 bridgehead atoms. The summed E-state index contributed by atoms with van der Waals surface area (Å²) >= 11 is 0. The van der Waals surface area contributed by atoms with Crippen molar-refractivity contribution in [1.82, 2.24) is 4.90 Å². The zero-order chi connectivity index (χ0) is 17.9. The number of aliphatic carboxylic acids is 1. The number of amides is 1. The van der Waals surface area contributed by atoms with E-state index in [4.69, 9.17) is 0 Å². The van der Waals surface area contributed by atoms with Crippen molar-refractivity contribution in [2.45, 2.75) is 57.7 Å². The van der Waals surface area contributed by atoms with Crippen LogP contribution in [0.25, 0.3) is 0 Å². The average Bonchev–Trinajstić information content (AvgIpc) is 2.49. The van der Waals surface area contributed by atoms with Crippen LogP contribution in [0.15, 0.2) is 0 Å². The van der Waals surface area contributed by atoms with Crippen molar-refractivity contribution in [3.8, 4) is 0 Å². The van der Waals surface area contributed by atoms with Crippen LogP contribution < -0.4 is 0 Å². The first-order chi connectivity index (χ1) is 11.1. The first kappa shape index (κ1) is 17.5. The zero-order valence-electron chi connectivity index (χ0n) is 14.0. The molecule has 1 N–H and O–H groups in total. The number of fused-ring (bicyclic) bond motifs is 3. The minimum atomic E-state index is -4.47. The summed E-state index contributed by atoms with van der Waals surface area (Å²) in [7, 11) is 1.76. The third-order valence-electron chi connectivity index (χ3n) is 7.03. The van der Waals surface area contributed by atoms with E-state index < -0.39 is 29.9 Å². The zero-order valence-corrected chi connectivity index (χ0v) is 14.0. The molecular weight excluding hydrogens is 323 g/mol. The summed E-state index contributed by atoms with van der Waals surface area (Å²) in [5, 5.41) is 9.52. The highest BCUT2D eigenvalue weighted by atomic mass is 19.4. The fourth-order valence-electron chi connectivity index (χ4n) is 5.87. The lowest BCUT2D eigenvalue weighted by molar-refractivity contribution is -0.225. The molecule has 4 nitrogen and oxygen atoms in total. The maximum atomic E-state index is 13.3. The van der Waals surface area contributed by atoms with Crippen LogP contribution >= 0.6 is 0 Å². The van der Waals surface area contributed by atoms with Crippen LogP contribution in [0.4, 0.5) is 13.2 Å². The standard InChI is InChI=1S/C17H24F3NO3/c1-16-8-7-13(22)21(2)12(16)6-3-9-10(16)4-5-11(17(18,19)20)14(9)15(23)24/h9-12,14H,3-8H2,1-2H3,(H,23,24)/t9?,10?,11?,12?,14?,16-/m1/s1. The highest BCUT2D eigenvalue weighted by Crippen LogP contribution is 2.60. The number of carboxylic acid groups (broad SMARTS) is 1. The molecule has 1 aliphatic heterocycles. The van der Waals surface area contributed by atoms with Gasteiger partial charge in [-0.05, 0) is 49.4 Å². The lowest BCUT2D eigenvalue weighted by Crippen LogP contribution is -2.61. The lowest BCUT2D eigenvalue weighted by atomic mass is 9.49. The van der Waals surface area contributed by atoms with Crippen LogP contribution in [-0.4, -0.2) is 41.1 Å². The molecule has 2 aliphatic carbocycles. The van der Waals surface area contributed by atoms with E-state index >= 15 is 0 Å². The number of piperidine rings is 1. The second-order valence-corrected chi connectivity index (χ2v) is 7.96. The molecule has 0 spiro atoms. The number of likely N-dealkylation sites (tertiary alicyclic amines) is 1. The van der Waals surface area contributed by atoms with Gasteiger partial charge in [-0.2, -0.15) is 13.2 Å². The Morgan fingerprint density at radius 1 is 1.25 bits per heavy atom. The van der Waals surface area contributed by atoms with Gasteiger partial charge in [0, 0.05) is 19.5 Å². The Hall–Kier alpha value is -1.27. The van der Waals surface area contributed by atoms with Crippen LogP contribution in [0.3, 0.4) is 0 Å². The largest absolute Gasteiger partial charge is 0.481 e. The molecular formula is C17H24F3NO3. The summed E-state index contributed by atoms with van der Waals surface area (Å²) in [4.78, 5) is 25.4. The SMILES string of the molecule is CN1C(=O)CC[C@]2(C)C3CCC(C(F)(F)F)C(C(=O)O)C3CCC12. The molecule has 7 heteroatoms. The van der Waals surface area contributed by atoms with E-state index in [1.807, 2.05) is 6.92 Å². The van der Waals surface area contributed by atoms with Crippen molar-refractivity contribution in [2.75, 3.05) is 7.05 Å². The molecule has 3 rings (SSSR count).